The molecule has 1 fully saturated rings. The van der Waals surface area contributed by atoms with Gasteiger partial charge in [-0.15, -0.1) is 0 Å². The van der Waals surface area contributed by atoms with Crippen molar-refractivity contribution in [1.29, 1.82) is 0 Å². The van der Waals surface area contributed by atoms with Gasteiger partial charge in [0.2, 0.25) is 11.8 Å². The maximum atomic E-state index is 12.5. The van der Waals surface area contributed by atoms with Crippen molar-refractivity contribution in [2.24, 2.45) is 5.92 Å². The second-order valence-electron chi connectivity index (χ2n) is 6.00. The molecular formula is C14H25N3O4. The van der Waals surface area contributed by atoms with Crippen LogP contribution in [0.15, 0.2) is 0 Å². The quantitative estimate of drug-likeness (QED) is 0.699. The molecule has 2 amide bonds. The highest BCUT2D eigenvalue weighted by molar-refractivity contribution is 5.90. The van der Waals surface area contributed by atoms with E-state index in [0.717, 1.165) is 0 Å². The summed E-state index contributed by atoms with van der Waals surface area (Å²) in [5.74, 6) is -1.74. The summed E-state index contributed by atoms with van der Waals surface area (Å²) in [6, 6.07) is 0.0602. The van der Waals surface area contributed by atoms with Crippen molar-refractivity contribution < 1.29 is 19.5 Å². The van der Waals surface area contributed by atoms with Crippen LogP contribution in [0.25, 0.3) is 0 Å². The lowest BCUT2D eigenvalue weighted by Crippen LogP contribution is -2.44. The molecule has 7 nitrogen and oxygen atoms in total. The summed E-state index contributed by atoms with van der Waals surface area (Å²) in [5.41, 5.74) is 0. The number of aliphatic carboxylic acids is 1. The molecule has 0 spiro atoms. The second-order valence-corrected chi connectivity index (χ2v) is 6.00. The van der Waals surface area contributed by atoms with Gasteiger partial charge < -0.3 is 19.8 Å². The minimum atomic E-state index is -1.04. The Labute approximate surface area is 125 Å². The lowest BCUT2D eigenvalue weighted by molar-refractivity contribution is -0.146. The fourth-order valence-electron chi connectivity index (χ4n) is 2.41. The number of carboxylic acid groups (broad SMARTS) is 1. The minimum Gasteiger partial charge on any atom is -0.480 e. The first kappa shape index (κ1) is 17.4. The summed E-state index contributed by atoms with van der Waals surface area (Å²) < 4.78 is 0. The Hall–Kier alpha value is -1.63. The topological polar surface area (TPSA) is 81.2 Å². The van der Waals surface area contributed by atoms with E-state index in [1.807, 2.05) is 32.8 Å². The maximum Gasteiger partial charge on any atom is 0.323 e. The molecule has 0 aromatic carbocycles. The highest BCUT2D eigenvalue weighted by Gasteiger charge is 2.37. The Morgan fingerprint density at radius 2 is 1.95 bits per heavy atom. The molecule has 1 heterocycles. The van der Waals surface area contributed by atoms with Crippen LogP contribution in [0.3, 0.4) is 0 Å². The van der Waals surface area contributed by atoms with Crippen LogP contribution < -0.4 is 0 Å². The lowest BCUT2D eigenvalue weighted by atomic mass is 10.1. The first-order valence-electron chi connectivity index (χ1n) is 7.17. The second kappa shape index (κ2) is 7.40. The van der Waals surface area contributed by atoms with Crippen molar-refractivity contribution in [2.45, 2.75) is 26.3 Å². The molecule has 0 aromatic heterocycles. The number of carboxylic acids is 1. The van der Waals surface area contributed by atoms with Gasteiger partial charge in [0.25, 0.3) is 0 Å². The van der Waals surface area contributed by atoms with Crippen LogP contribution in [-0.2, 0) is 14.4 Å². The number of likely N-dealkylation sites (tertiary alicyclic amines) is 1. The van der Waals surface area contributed by atoms with Gasteiger partial charge in [0.1, 0.15) is 6.54 Å². The smallest absolute Gasteiger partial charge is 0.323 e. The van der Waals surface area contributed by atoms with Gasteiger partial charge in [0.05, 0.1) is 5.92 Å². The van der Waals surface area contributed by atoms with Crippen LogP contribution in [0, 0.1) is 5.92 Å². The first-order valence-corrected chi connectivity index (χ1v) is 7.17. The zero-order valence-electron chi connectivity index (χ0n) is 13.2. The number of likely N-dealkylation sites (N-methyl/N-ethyl adjacent to an activating group) is 1. The average Bonchev–Trinajstić information content (AvgIpc) is 2.75. The van der Waals surface area contributed by atoms with E-state index in [1.165, 1.54) is 4.90 Å². The fourth-order valence-corrected chi connectivity index (χ4v) is 2.41. The minimum absolute atomic E-state index is 0.0359. The molecule has 1 saturated heterocycles. The molecular weight excluding hydrogens is 274 g/mol. The van der Waals surface area contributed by atoms with E-state index >= 15 is 0 Å². The standard InChI is InChI=1S/C14H25N3O4/c1-10(2)17-8-11(7-12(17)18)14(21)16(9-13(19)20)6-5-15(3)4/h10-11H,5-9H2,1-4H3,(H,19,20). The number of hydrogen-bond donors (Lipinski definition) is 1. The van der Waals surface area contributed by atoms with Crippen molar-refractivity contribution in [2.75, 3.05) is 40.3 Å². The summed E-state index contributed by atoms with van der Waals surface area (Å²) >= 11 is 0. The van der Waals surface area contributed by atoms with Crippen molar-refractivity contribution in [3.8, 4) is 0 Å². The zero-order valence-corrected chi connectivity index (χ0v) is 13.2. The van der Waals surface area contributed by atoms with E-state index < -0.39 is 11.9 Å². The largest absolute Gasteiger partial charge is 0.480 e. The van der Waals surface area contributed by atoms with Crippen LogP contribution >= 0.6 is 0 Å². The Balaban J connectivity index is 2.71. The van der Waals surface area contributed by atoms with Gasteiger partial charge in [-0.2, -0.15) is 0 Å². The predicted molar refractivity (Wildman–Crippen MR) is 77.7 cm³/mol. The SMILES string of the molecule is CC(C)N1CC(C(=O)N(CCN(C)C)CC(=O)O)CC1=O. The Bertz CT molecular complexity index is 409. The van der Waals surface area contributed by atoms with E-state index in [4.69, 9.17) is 5.11 Å². The van der Waals surface area contributed by atoms with Gasteiger partial charge in [0.15, 0.2) is 0 Å². The molecule has 1 atom stereocenters. The van der Waals surface area contributed by atoms with Crippen LogP contribution in [0.1, 0.15) is 20.3 Å². The van der Waals surface area contributed by atoms with Crippen molar-refractivity contribution in [1.82, 2.24) is 14.7 Å². The maximum absolute atomic E-state index is 12.5. The molecule has 0 radical (unpaired) electrons. The normalized spacial score (nSPS) is 18.7. The monoisotopic (exact) mass is 299 g/mol. The Morgan fingerprint density at radius 3 is 2.38 bits per heavy atom. The number of rotatable bonds is 7. The zero-order chi connectivity index (χ0) is 16.2. The molecule has 0 saturated carbocycles. The van der Waals surface area contributed by atoms with Crippen molar-refractivity contribution in [3.63, 3.8) is 0 Å². The molecule has 0 aliphatic carbocycles. The van der Waals surface area contributed by atoms with Gasteiger partial charge in [-0.1, -0.05) is 0 Å². The predicted octanol–water partition coefficient (Wildman–Crippen LogP) is -0.282. The van der Waals surface area contributed by atoms with E-state index in [2.05, 4.69) is 0 Å². The number of nitrogens with zero attached hydrogens (tertiary/aromatic N) is 3. The number of hydrogen-bond acceptors (Lipinski definition) is 4. The fraction of sp³-hybridized carbons (Fsp3) is 0.786. The van der Waals surface area contributed by atoms with Crippen LogP contribution in [-0.4, -0.2) is 83.9 Å². The third-order valence-corrected chi connectivity index (χ3v) is 3.59. The summed E-state index contributed by atoms with van der Waals surface area (Å²) in [7, 11) is 3.73. The number of carbonyl (C=O) groups excluding carboxylic acids is 2. The van der Waals surface area contributed by atoms with E-state index in [9.17, 15) is 14.4 Å². The summed E-state index contributed by atoms with van der Waals surface area (Å²) in [5, 5.41) is 8.95. The molecule has 1 unspecified atom stereocenters. The average molecular weight is 299 g/mol. The molecule has 0 aromatic rings. The van der Waals surface area contributed by atoms with Gasteiger partial charge in [-0.3, -0.25) is 14.4 Å². The van der Waals surface area contributed by atoms with Gasteiger partial charge >= 0.3 is 5.97 Å². The first-order chi connectivity index (χ1) is 9.72. The van der Waals surface area contributed by atoms with E-state index in [0.29, 0.717) is 19.6 Å². The molecule has 1 N–H and O–H groups in total. The third kappa shape index (κ3) is 5.00. The summed E-state index contributed by atoms with van der Waals surface area (Å²) in [4.78, 5) is 40.2. The van der Waals surface area contributed by atoms with Crippen LogP contribution in [0.2, 0.25) is 0 Å². The number of amides is 2. The van der Waals surface area contributed by atoms with E-state index in [1.54, 1.807) is 4.90 Å². The molecule has 0 bridgehead atoms. The molecule has 7 heteroatoms. The van der Waals surface area contributed by atoms with Crippen LogP contribution in [0.5, 0.6) is 0 Å². The highest BCUT2D eigenvalue weighted by Crippen LogP contribution is 2.22. The Morgan fingerprint density at radius 1 is 1.33 bits per heavy atom. The molecule has 21 heavy (non-hydrogen) atoms. The van der Waals surface area contributed by atoms with Gasteiger partial charge in [-0.05, 0) is 27.9 Å². The van der Waals surface area contributed by atoms with Gasteiger partial charge in [-0.25, -0.2) is 0 Å². The van der Waals surface area contributed by atoms with Crippen LogP contribution in [0.4, 0.5) is 0 Å². The lowest BCUT2D eigenvalue weighted by Gasteiger charge is -2.26. The van der Waals surface area contributed by atoms with Crippen molar-refractivity contribution >= 4 is 17.8 Å². The number of carbonyl (C=O) groups is 3. The van der Waals surface area contributed by atoms with Crippen molar-refractivity contribution in [3.05, 3.63) is 0 Å². The molecule has 1 rings (SSSR count). The third-order valence-electron chi connectivity index (χ3n) is 3.59. The molecule has 1 aliphatic rings. The van der Waals surface area contributed by atoms with Gasteiger partial charge in [0, 0.05) is 32.1 Å². The molecule has 120 valence electrons. The highest BCUT2D eigenvalue weighted by atomic mass is 16.4. The Kier molecular flexibility index (Phi) is 6.14. The summed E-state index contributed by atoms with van der Waals surface area (Å²) in [6.45, 7) is 4.82. The summed E-state index contributed by atoms with van der Waals surface area (Å²) in [6.07, 6.45) is 0.176. The molecule has 1 aliphatic heterocycles. The van der Waals surface area contributed by atoms with E-state index in [-0.39, 0.29) is 30.8 Å².